The van der Waals surface area contributed by atoms with Gasteiger partial charge in [0.2, 0.25) is 0 Å². The average Bonchev–Trinajstić information content (AvgIpc) is 2.69. The normalized spacial score (nSPS) is 16.5. The van der Waals surface area contributed by atoms with E-state index in [1.807, 2.05) is 0 Å². The fraction of sp³-hybridized carbons (Fsp3) is 0.316. The van der Waals surface area contributed by atoms with Crippen LogP contribution in [0.5, 0.6) is 5.75 Å². The molecule has 4 heteroatoms. The zero-order valence-corrected chi connectivity index (χ0v) is 12.8. The van der Waals surface area contributed by atoms with Crippen LogP contribution in [-0.2, 0) is 4.74 Å². The van der Waals surface area contributed by atoms with E-state index in [-0.39, 0.29) is 19.6 Å². The van der Waals surface area contributed by atoms with Gasteiger partial charge in [-0.05, 0) is 30.9 Å². The first-order chi connectivity index (χ1) is 14.1. The van der Waals surface area contributed by atoms with Crippen LogP contribution in [0.1, 0.15) is 40.2 Å². The minimum Gasteiger partial charge on any atom is -0.485 e. The molecule has 0 aromatic heterocycles. The standard InChI is InChI=1S/C19H23NO3/c1-3-22-19(21)20-14-13-18(16-10-5-4-6-11-16)23-17-12-8-7-9-15(17)2/h4-12,18H,3,13-14H2,1-2H3,(H,20,21)/i2D3,7D,8D,9D,12D. The molecule has 0 aliphatic rings. The zero-order chi connectivity index (χ0) is 22.5. The fourth-order valence-corrected chi connectivity index (χ4v) is 1.98. The van der Waals surface area contributed by atoms with Crippen molar-refractivity contribution in [3.63, 3.8) is 0 Å². The minimum absolute atomic E-state index is 0.146. The van der Waals surface area contributed by atoms with Crippen LogP contribution >= 0.6 is 0 Å². The molecule has 2 aromatic carbocycles. The molecule has 0 fully saturated rings. The smallest absolute Gasteiger partial charge is 0.407 e. The van der Waals surface area contributed by atoms with Crippen LogP contribution in [-0.4, -0.2) is 19.2 Å². The predicted octanol–water partition coefficient (Wildman–Crippen LogP) is 4.25. The Morgan fingerprint density at radius 1 is 1.30 bits per heavy atom. The maximum atomic E-state index is 11.5. The third kappa shape index (κ3) is 5.33. The Balaban J connectivity index is 2.43. The van der Waals surface area contributed by atoms with Gasteiger partial charge in [-0.25, -0.2) is 4.79 Å². The van der Waals surface area contributed by atoms with Gasteiger partial charge < -0.3 is 14.8 Å². The summed E-state index contributed by atoms with van der Waals surface area (Å²) >= 11 is 0. The first kappa shape index (κ1) is 9.60. The van der Waals surface area contributed by atoms with E-state index in [0.29, 0.717) is 5.56 Å². The summed E-state index contributed by atoms with van der Waals surface area (Å²) in [5.41, 5.74) is 0.0832. The van der Waals surface area contributed by atoms with Crippen molar-refractivity contribution in [1.82, 2.24) is 5.32 Å². The second kappa shape index (κ2) is 8.83. The largest absolute Gasteiger partial charge is 0.485 e. The van der Waals surface area contributed by atoms with Gasteiger partial charge in [0.05, 0.1) is 12.1 Å². The molecule has 0 spiro atoms. The molecule has 1 amide bonds. The first-order valence-electron chi connectivity index (χ1n) is 10.8. The number of carbonyl (C=O) groups is 1. The Hall–Kier alpha value is -2.49. The summed E-state index contributed by atoms with van der Waals surface area (Å²) < 4.78 is 65.8. The van der Waals surface area contributed by atoms with E-state index < -0.39 is 54.5 Å². The van der Waals surface area contributed by atoms with Gasteiger partial charge in [-0.1, -0.05) is 48.5 Å². The molecule has 0 saturated heterocycles. The monoisotopic (exact) mass is 320 g/mol. The van der Waals surface area contributed by atoms with Gasteiger partial charge in [-0.3, -0.25) is 0 Å². The average molecular weight is 320 g/mol. The minimum atomic E-state index is -2.81. The van der Waals surface area contributed by atoms with E-state index in [1.54, 1.807) is 37.3 Å². The number of carbonyl (C=O) groups excluding carboxylic acids is 1. The van der Waals surface area contributed by atoms with Crippen LogP contribution in [0.2, 0.25) is 0 Å². The summed E-state index contributed by atoms with van der Waals surface area (Å²) in [6.07, 6.45) is -1.16. The lowest BCUT2D eigenvalue weighted by Gasteiger charge is -2.21. The van der Waals surface area contributed by atoms with Crippen LogP contribution in [0.25, 0.3) is 0 Å². The Labute approximate surface area is 147 Å². The van der Waals surface area contributed by atoms with E-state index in [0.717, 1.165) is 0 Å². The first-order valence-corrected chi connectivity index (χ1v) is 7.31. The Kier molecular flexibility index (Phi) is 3.69. The van der Waals surface area contributed by atoms with Crippen LogP contribution in [0.4, 0.5) is 4.79 Å². The lowest BCUT2D eigenvalue weighted by atomic mass is 10.1. The molecule has 1 atom stereocenters. The van der Waals surface area contributed by atoms with Gasteiger partial charge in [0, 0.05) is 17.1 Å². The van der Waals surface area contributed by atoms with Crippen LogP contribution < -0.4 is 10.1 Å². The van der Waals surface area contributed by atoms with Crippen molar-refractivity contribution >= 4 is 6.09 Å². The molecule has 4 nitrogen and oxygen atoms in total. The fourth-order valence-electron chi connectivity index (χ4n) is 1.98. The summed E-state index contributed by atoms with van der Waals surface area (Å²) in [5.74, 6) is -0.425. The third-order valence-electron chi connectivity index (χ3n) is 3.04. The Bertz CT molecular complexity index is 888. The van der Waals surface area contributed by atoms with Gasteiger partial charge in [0.15, 0.2) is 0 Å². The molecular weight excluding hydrogens is 290 g/mol. The highest BCUT2D eigenvalue weighted by Gasteiger charge is 2.15. The number of hydrogen-bond donors (Lipinski definition) is 1. The van der Waals surface area contributed by atoms with Crippen molar-refractivity contribution < 1.29 is 23.9 Å². The molecule has 0 radical (unpaired) electrons. The van der Waals surface area contributed by atoms with Gasteiger partial charge in [-0.15, -0.1) is 0 Å². The molecule has 1 unspecified atom stereocenters. The number of ether oxygens (including phenoxy) is 2. The number of benzene rings is 2. The number of rotatable bonds is 7. The molecule has 2 aromatic rings. The summed E-state index contributed by atoms with van der Waals surface area (Å²) in [7, 11) is 0. The Morgan fingerprint density at radius 3 is 2.83 bits per heavy atom. The highest BCUT2D eigenvalue weighted by atomic mass is 16.5. The number of hydrogen-bond acceptors (Lipinski definition) is 3. The predicted molar refractivity (Wildman–Crippen MR) is 90.6 cm³/mol. The molecular formula is C19H23NO3. The second-order valence-electron chi connectivity index (χ2n) is 4.66. The summed E-state index contributed by atoms with van der Waals surface area (Å²) in [6.45, 7) is -0.774. The number of alkyl carbamates (subject to hydrolysis) is 1. The van der Waals surface area contributed by atoms with Gasteiger partial charge in [-0.2, -0.15) is 0 Å². The lowest BCUT2D eigenvalue weighted by Crippen LogP contribution is -2.27. The van der Waals surface area contributed by atoms with Gasteiger partial charge in [0.25, 0.3) is 0 Å². The van der Waals surface area contributed by atoms with E-state index in [9.17, 15) is 4.79 Å². The van der Waals surface area contributed by atoms with Crippen LogP contribution in [0, 0.1) is 6.85 Å². The molecule has 0 saturated carbocycles. The second-order valence-corrected chi connectivity index (χ2v) is 4.66. The molecule has 2 rings (SSSR count). The van der Waals surface area contributed by atoms with Gasteiger partial charge >= 0.3 is 6.09 Å². The lowest BCUT2D eigenvalue weighted by molar-refractivity contribution is 0.147. The zero-order valence-electron chi connectivity index (χ0n) is 19.8. The Morgan fingerprint density at radius 2 is 2.09 bits per heavy atom. The number of amides is 1. The van der Waals surface area contributed by atoms with Crippen molar-refractivity contribution in [2.45, 2.75) is 26.3 Å². The number of nitrogens with one attached hydrogen (secondary N) is 1. The van der Waals surface area contributed by atoms with Crippen molar-refractivity contribution in [1.29, 1.82) is 0 Å². The molecule has 0 aliphatic carbocycles. The maximum absolute atomic E-state index is 11.5. The maximum Gasteiger partial charge on any atom is 0.407 e. The molecule has 23 heavy (non-hydrogen) atoms. The quantitative estimate of drug-likeness (QED) is 0.829. The summed E-state index contributed by atoms with van der Waals surface area (Å²) in [4.78, 5) is 11.5. The van der Waals surface area contributed by atoms with Crippen LogP contribution in [0.3, 0.4) is 0 Å². The topological polar surface area (TPSA) is 47.6 Å². The van der Waals surface area contributed by atoms with Gasteiger partial charge in [0.1, 0.15) is 11.9 Å². The van der Waals surface area contributed by atoms with E-state index in [4.69, 9.17) is 19.1 Å². The molecule has 0 bridgehead atoms. The van der Waals surface area contributed by atoms with Crippen molar-refractivity contribution in [3.8, 4) is 5.75 Å². The summed E-state index contributed by atoms with van der Waals surface area (Å²) in [5, 5.41) is 2.56. The van der Waals surface area contributed by atoms with Crippen molar-refractivity contribution in [2.24, 2.45) is 0 Å². The van der Waals surface area contributed by atoms with Crippen molar-refractivity contribution in [3.05, 3.63) is 65.6 Å². The SMILES string of the molecule is [2H]c1c([2H])c([2H])c(C([2H])([2H])[2H])c(OC(CCNC(=O)OCC)c2ccccc2)c1[2H]. The van der Waals surface area contributed by atoms with E-state index in [1.165, 1.54) is 0 Å². The van der Waals surface area contributed by atoms with Crippen LogP contribution in [0.15, 0.2) is 54.5 Å². The van der Waals surface area contributed by atoms with E-state index in [2.05, 4.69) is 5.32 Å². The highest BCUT2D eigenvalue weighted by molar-refractivity contribution is 5.66. The molecule has 122 valence electrons. The van der Waals surface area contributed by atoms with Crippen molar-refractivity contribution in [2.75, 3.05) is 13.2 Å². The molecule has 1 N–H and O–H groups in total. The molecule has 0 heterocycles. The van der Waals surface area contributed by atoms with E-state index >= 15 is 0 Å². The highest BCUT2D eigenvalue weighted by Crippen LogP contribution is 2.26. The third-order valence-corrected chi connectivity index (χ3v) is 3.04. The number of para-hydroxylation sites is 1. The summed E-state index contributed by atoms with van der Waals surface area (Å²) in [6, 6.07) is 6.35. The molecule has 0 aliphatic heterocycles.